The normalized spacial score (nSPS) is 13.8. The maximum Gasteiger partial charge on any atom is 0.262 e. The molecule has 7 heteroatoms. The zero-order valence-corrected chi connectivity index (χ0v) is 18.0. The van der Waals surface area contributed by atoms with Crippen molar-refractivity contribution < 1.29 is 19.1 Å². The average molecular weight is 429 g/mol. The molecule has 0 radical (unpaired) electrons. The van der Waals surface area contributed by atoms with Crippen molar-refractivity contribution in [3.8, 4) is 11.5 Å². The molecule has 2 heterocycles. The number of imide groups is 1. The molecule has 0 spiro atoms. The number of ether oxygens (including phenoxy) is 1. The topological polar surface area (TPSA) is 88.6 Å². The van der Waals surface area contributed by atoms with Gasteiger partial charge in [-0.2, -0.15) is 0 Å². The second-order valence-electron chi connectivity index (χ2n) is 7.98. The molecule has 4 rings (SSSR count). The third kappa shape index (κ3) is 3.97. The highest BCUT2D eigenvalue weighted by Crippen LogP contribution is 2.29. The van der Waals surface area contributed by atoms with E-state index in [4.69, 9.17) is 4.74 Å². The lowest BCUT2D eigenvalue weighted by Crippen LogP contribution is -2.50. The summed E-state index contributed by atoms with van der Waals surface area (Å²) in [5.41, 5.74) is 2.01. The Morgan fingerprint density at radius 2 is 1.69 bits per heavy atom. The molecule has 0 bridgehead atoms. The number of carbonyl (C=O) groups is 3. The number of anilines is 1. The predicted octanol–water partition coefficient (Wildman–Crippen LogP) is 4.44. The Hall–Kier alpha value is -4.00. The first kappa shape index (κ1) is 21.2. The van der Waals surface area contributed by atoms with Crippen molar-refractivity contribution >= 4 is 23.4 Å². The molecule has 2 aromatic carbocycles. The number of aromatic nitrogens is 1. The van der Waals surface area contributed by atoms with Crippen LogP contribution in [0.15, 0.2) is 67.0 Å². The van der Waals surface area contributed by atoms with Gasteiger partial charge in [-0.05, 0) is 60.9 Å². The number of amides is 3. The van der Waals surface area contributed by atoms with Crippen LogP contribution in [0.5, 0.6) is 11.5 Å². The van der Waals surface area contributed by atoms with Gasteiger partial charge in [0.1, 0.15) is 17.5 Å². The molecule has 7 nitrogen and oxygen atoms in total. The highest BCUT2D eigenvalue weighted by atomic mass is 16.5. The van der Waals surface area contributed by atoms with E-state index in [2.05, 4.69) is 10.3 Å². The fraction of sp³-hybridized carbons (Fsp3) is 0.200. The maximum atomic E-state index is 13.2. The van der Waals surface area contributed by atoms with E-state index in [1.165, 1.54) is 0 Å². The second kappa shape index (κ2) is 8.63. The number of hydrogen-bond donors (Lipinski definition) is 1. The number of aryl methyl sites for hydroxylation is 1. The molecule has 162 valence electrons. The fourth-order valence-corrected chi connectivity index (χ4v) is 3.77. The molecule has 1 aliphatic heterocycles. The van der Waals surface area contributed by atoms with Gasteiger partial charge in [0.2, 0.25) is 5.91 Å². The van der Waals surface area contributed by atoms with Crippen molar-refractivity contribution in [2.75, 3.05) is 5.32 Å². The van der Waals surface area contributed by atoms with Crippen LogP contribution >= 0.6 is 0 Å². The first-order valence-electron chi connectivity index (χ1n) is 10.3. The zero-order valence-electron chi connectivity index (χ0n) is 18.0. The van der Waals surface area contributed by atoms with Gasteiger partial charge in [0.15, 0.2) is 0 Å². The molecule has 0 saturated heterocycles. The largest absolute Gasteiger partial charge is 0.455 e. The summed E-state index contributed by atoms with van der Waals surface area (Å²) in [6.45, 7) is 5.49. The van der Waals surface area contributed by atoms with E-state index in [1.54, 1.807) is 67.0 Å². The molecule has 1 atom stereocenters. The molecule has 1 aliphatic rings. The smallest absolute Gasteiger partial charge is 0.262 e. The molecule has 1 aromatic heterocycles. The van der Waals surface area contributed by atoms with Crippen LogP contribution in [0.25, 0.3) is 0 Å². The molecular formula is C25H23N3O4. The molecule has 0 saturated carbocycles. The fourth-order valence-electron chi connectivity index (χ4n) is 3.77. The summed E-state index contributed by atoms with van der Waals surface area (Å²) < 4.78 is 5.83. The highest BCUT2D eigenvalue weighted by molar-refractivity contribution is 6.23. The van der Waals surface area contributed by atoms with E-state index in [9.17, 15) is 14.4 Å². The summed E-state index contributed by atoms with van der Waals surface area (Å²) in [4.78, 5) is 44.0. The van der Waals surface area contributed by atoms with E-state index in [1.807, 2.05) is 20.8 Å². The Balaban J connectivity index is 1.54. The summed E-state index contributed by atoms with van der Waals surface area (Å²) in [7, 11) is 0. The number of nitrogens with one attached hydrogen (secondary N) is 1. The van der Waals surface area contributed by atoms with Crippen LogP contribution in [-0.2, 0) is 4.79 Å². The van der Waals surface area contributed by atoms with Crippen molar-refractivity contribution in [2.24, 2.45) is 5.92 Å². The SMILES string of the molecule is Cc1cc(NC(=O)C(C(C)C)N2C(=O)c3ccccc3C2=O)ccc1Oc1cccnc1. The van der Waals surface area contributed by atoms with Crippen LogP contribution in [0.4, 0.5) is 5.69 Å². The van der Waals surface area contributed by atoms with Gasteiger partial charge in [0.25, 0.3) is 11.8 Å². The molecule has 1 N–H and O–H groups in total. The van der Waals surface area contributed by atoms with Crippen LogP contribution in [-0.4, -0.2) is 33.6 Å². The van der Waals surface area contributed by atoms with Gasteiger partial charge in [0.05, 0.1) is 17.3 Å². The summed E-state index contributed by atoms with van der Waals surface area (Å²) in [5, 5.41) is 2.85. The van der Waals surface area contributed by atoms with E-state index < -0.39 is 23.8 Å². The summed E-state index contributed by atoms with van der Waals surface area (Å²) in [6.07, 6.45) is 3.28. The Morgan fingerprint density at radius 1 is 1.00 bits per heavy atom. The molecule has 3 aromatic rings. The zero-order chi connectivity index (χ0) is 22.8. The molecule has 1 unspecified atom stereocenters. The summed E-state index contributed by atoms with van der Waals surface area (Å²) >= 11 is 0. The standard InChI is InChI=1S/C25H23N3O4/c1-15(2)22(28-24(30)19-8-4-5-9-20(19)25(28)31)23(29)27-17-10-11-21(16(3)13-17)32-18-7-6-12-26-14-18/h4-15,22H,1-3H3,(H,27,29). The van der Waals surface area contributed by atoms with Gasteiger partial charge < -0.3 is 10.1 Å². The molecule has 0 aliphatic carbocycles. The van der Waals surface area contributed by atoms with Gasteiger partial charge in [-0.25, -0.2) is 0 Å². The minimum Gasteiger partial charge on any atom is -0.455 e. The van der Waals surface area contributed by atoms with Gasteiger partial charge in [-0.1, -0.05) is 26.0 Å². The lowest BCUT2D eigenvalue weighted by Gasteiger charge is -2.28. The van der Waals surface area contributed by atoms with Crippen LogP contribution in [0, 0.1) is 12.8 Å². The minimum absolute atomic E-state index is 0.272. The minimum atomic E-state index is -0.936. The van der Waals surface area contributed by atoms with E-state index >= 15 is 0 Å². The van der Waals surface area contributed by atoms with Gasteiger partial charge in [-0.3, -0.25) is 24.3 Å². The van der Waals surface area contributed by atoms with Crippen molar-refractivity contribution in [3.63, 3.8) is 0 Å². The molecule has 0 fully saturated rings. The number of rotatable bonds is 6. The predicted molar refractivity (Wildman–Crippen MR) is 120 cm³/mol. The monoisotopic (exact) mass is 429 g/mol. The van der Waals surface area contributed by atoms with E-state index in [0.29, 0.717) is 28.3 Å². The Kier molecular flexibility index (Phi) is 5.73. The molecular weight excluding hydrogens is 406 g/mol. The van der Waals surface area contributed by atoms with Crippen molar-refractivity contribution in [1.82, 2.24) is 9.88 Å². The van der Waals surface area contributed by atoms with Crippen molar-refractivity contribution in [2.45, 2.75) is 26.8 Å². The number of pyridine rings is 1. The Bertz CT molecular complexity index is 1160. The summed E-state index contributed by atoms with van der Waals surface area (Å²) in [6, 6.07) is 14.5. The number of fused-ring (bicyclic) bond motifs is 1. The number of hydrogen-bond acceptors (Lipinski definition) is 5. The first-order valence-corrected chi connectivity index (χ1v) is 10.3. The van der Waals surface area contributed by atoms with Gasteiger partial charge in [0, 0.05) is 11.9 Å². The first-order chi connectivity index (χ1) is 15.4. The number of benzene rings is 2. The number of carbonyl (C=O) groups excluding carboxylic acids is 3. The van der Waals surface area contributed by atoms with Crippen LogP contribution < -0.4 is 10.1 Å². The van der Waals surface area contributed by atoms with Crippen molar-refractivity contribution in [1.29, 1.82) is 0 Å². The highest BCUT2D eigenvalue weighted by Gasteiger charge is 2.43. The number of nitrogens with zero attached hydrogens (tertiary/aromatic N) is 2. The van der Waals surface area contributed by atoms with Crippen molar-refractivity contribution in [3.05, 3.63) is 83.7 Å². The lowest BCUT2D eigenvalue weighted by molar-refractivity contribution is -0.121. The molecule has 32 heavy (non-hydrogen) atoms. The van der Waals surface area contributed by atoms with Crippen LogP contribution in [0.2, 0.25) is 0 Å². The van der Waals surface area contributed by atoms with Gasteiger partial charge >= 0.3 is 0 Å². The Labute approximate surface area is 186 Å². The Morgan fingerprint density at radius 3 is 2.25 bits per heavy atom. The average Bonchev–Trinajstić information content (AvgIpc) is 3.02. The van der Waals surface area contributed by atoms with E-state index in [0.717, 1.165) is 10.5 Å². The van der Waals surface area contributed by atoms with Crippen LogP contribution in [0.3, 0.4) is 0 Å². The summed E-state index contributed by atoms with van der Waals surface area (Å²) in [5.74, 6) is -0.345. The quantitative estimate of drug-likeness (QED) is 0.585. The third-order valence-electron chi connectivity index (χ3n) is 5.31. The molecule has 3 amide bonds. The van der Waals surface area contributed by atoms with E-state index in [-0.39, 0.29) is 5.92 Å². The third-order valence-corrected chi connectivity index (χ3v) is 5.31. The van der Waals surface area contributed by atoms with Crippen LogP contribution in [0.1, 0.15) is 40.1 Å². The maximum absolute atomic E-state index is 13.2. The van der Waals surface area contributed by atoms with Gasteiger partial charge in [-0.15, -0.1) is 0 Å². The lowest BCUT2D eigenvalue weighted by atomic mass is 10.0. The second-order valence-corrected chi connectivity index (χ2v) is 7.98.